The Kier molecular flexibility index (Phi) is 5.55. The van der Waals surface area contributed by atoms with E-state index in [4.69, 9.17) is 19.8 Å². The molecule has 0 heterocycles. The number of benzene rings is 1. The van der Waals surface area contributed by atoms with E-state index < -0.39 is 15.8 Å². The number of rotatable bonds is 7. The average Bonchev–Trinajstić information content (AvgIpc) is 2.45. The van der Waals surface area contributed by atoms with E-state index >= 15 is 0 Å². The van der Waals surface area contributed by atoms with Crippen LogP contribution in [0.2, 0.25) is 0 Å². The first-order valence-corrected chi connectivity index (χ1v) is 7.61. The van der Waals surface area contributed by atoms with Crippen molar-refractivity contribution in [2.45, 2.75) is 17.7 Å². The van der Waals surface area contributed by atoms with Crippen molar-refractivity contribution in [1.82, 2.24) is 0 Å². The first-order chi connectivity index (χ1) is 9.87. The highest BCUT2D eigenvalue weighted by Gasteiger charge is 2.23. The van der Waals surface area contributed by atoms with Gasteiger partial charge in [-0.2, -0.15) is 5.26 Å². The monoisotopic (exact) mass is 313 g/mol. The van der Waals surface area contributed by atoms with Crippen LogP contribution in [0.3, 0.4) is 0 Å². The lowest BCUT2D eigenvalue weighted by Crippen LogP contribution is -2.10. The van der Waals surface area contributed by atoms with E-state index in [0.29, 0.717) is 0 Å². The predicted molar refractivity (Wildman–Crippen MR) is 73.4 cm³/mol. The topological polar surface area (TPSA) is 114 Å². The van der Waals surface area contributed by atoms with Crippen molar-refractivity contribution in [3.63, 3.8) is 0 Å². The molecule has 0 aliphatic carbocycles. The number of carboxylic acids is 1. The first kappa shape index (κ1) is 16.8. The van der Waals surface area contributed by atoms with Crippen LogP contribution < -0.4 is 9.47 Å². The van der Waals surface area contributed by atoms with Gasteiger partial charge in [-0.1, -0.05) is 0 Å². The summed E-state index contributed by atoms with van der Waals surface area (Å²) in [7, 11) is -1.14. The van der Waals surface area contributed by atoms with Crippen molar-refractivity contribution >= 4 is 15.8 Å². The molecule has 8 heteroatoms. The van der Waals surface area contributed by atoms with E-state index in [9.17, 15) is 13.2 Å². The Labute approximate surface area is 122 Å². The van der Waals surface area contributed by atoms with Gasteiger partial charge in [0, 0.05) is 12.5 Å². The third-order valence-electron chi connectivity index (χ3n) is 2.74. The zero-order valence-electron chi connectivity index (χ0n) is 11.6. The van der Waals surface area contributed by atoms with Gasteiger partial charge in [0.15, 0.2) is 21.3 Å². The van der Waals surface area contributed by atoms with Crippen LogP contribution in [-0.4, -0.2) is 39.5 Å². The molecule has 0 aliphatic heterocycles. The largest absolute Gasteiger partial charge is 0.493 e. The molecule has 0 saturated carbocycles. The molecule has 0 bridgehead atoms. The lowest BCUT2D eigenvalue weighted by molar-refractivity contribution is 0.0692. The molecule has 0 saturated heterocycles. The molecule has 0 spiro atoms. The van der Waals surface area contributed by atoms with Gasteiger partial charge in [-0.05, 0) is 12.5 Å². The minimum Gasteiger partial charge on any atom is -0.493 e. The molecule has 0 fully saturated rings. The molecule has 1 aromatic carbocycles. The van der Waals surface area contributed by atoms with E-state index in [1.807, 2.05) is 6.07 Å². The fraction of sp³-hybridized carbons (Fsp3) is 0.385. The highest BCUT2D eigenvalue weighted by Crippen LogP contribution is 2.34. The summed E-state index contributed by atoms with van der Waals surface area (Å²) < 4.78 is 34.2. The molecule has 0 unspecified atom stereocenters. The lowest BCUT2D eigenvalue weighted by atomic mass is 10.2. The minimum absolute atomic E-state index is 0.0243. The maximum atomic E-state index is 12.2. The van der Waals surface area contributed by atoms with Crippen molar-refractivity contribution in [2.75, 3.05) is 20.0 Å². The summed E-state index contributed by atoms with van der Waals surface area (Å²) in [6, 6.07) is 4.11. The number of methoxy groups -OCH3 is 2. The van der Waals surface area contributed by atoms with E-state index in [0.717, 1.165) is 6.07 Å². The highest BCUT2D eigenvalue weighted by molar-refractivity contribution is 7.91. The number of nitriles is 1. The van der Waals surface area contributed by atoms with Crippen LogP contribution in [0.5, 0.6) is 11.5 Å². The number of sulfone groups is 1. The van der Waals surface area contributed by atoms with E-state index in [2.05, 4.69) is 0 Å². The van der Waals surface area contributed by atoms with Gasteiger partial charge in [0.05, 0.1) is 30.9 Å². The number of nitrogens with zero attached hydrogens (tertiary/aromatic N) is 1. The van der Waals surface area contributed by atoms with Crippen LogP contribution in [0.15, 0.2) is 17.0 Å². The molecule has 1 N–H and O–H groups in total. The molecular formula is C13H15NO6S. The van der Waals surface area contributed by atoms with Gasteiger partial charge in [-0.15, -0.1) is 0 Å². The normalized spacial score (nSPS) is 10.7. The summed E-state index contributed by atoms with van der Waals surface area (Å²) >= 11 is 0. The first-order valence-electron chi connectivity index (χ1n) is 5.96. The number of hydrogen-bond donors (Lipinski definition) is 1. The second-order valence-corrected chi connectivity index (χ2v) is 6.20. The van der Waals surface area contributed by atoms with Crippen LogP contribution in [-0.2, 0) is 9.84 Å². The van der Waals surface area contributed by atoms with Crippen molar-refractivity contribution in [2.24, 2.45) is 0 Å². The fourth-order valence-corrected chi connectivity index (χ4v) is 3.08. The Balaban J connectivity index is 3.35. The van der Waals surface area contributed by atoms with E-state index in [1.54, 1.807) is 0 Å². The molecule has 0 atom stereocenters. The van der Waals surface area contributed by atoms with E-state index in [1.165, 1.54) is 20.3 Å². The van der Waals surface area contributed by atoms with Crippen molar-refractivity contribution in [1.29, 1.82) is 5.26 Å². The number of aromatic carboxylic acids is 1. The molecule has 1 rings (SSSR count). The zero-order valence-corrected chi connectivity index (χ0v) is 12.4. The van der Waals surface area contributed by atoms with Crippen molar-refractivity contribution < 1.29 is 27.8 Å². The SMILES string of the molecule is COc1cc(S(=O)(=O)CCCC#N)cc(C(=O)O)c1OC. The summed E-state index contributed by atoms with van der Waals surface area (Å²) in [5.41, 5.74) is -0.296. The second-order valence-electron chi connectivity index (χ2n) is 4.09. The molecule has 0 radical (unpaired) electrons. The van der Waals surface area contributed by atoms with Gasteiger partial charge in [-0.25, -0.2) is 13.2 Å². The molecule has 0 aromatic heterocycles. The maximum Gasteiger partial charge on any atom is 0.339 e. The van der Waals surface area contributed by atoms with Gasteiger partial charge in [-0.3, -0.25) is 0 Å². The Hall–Kier alpha value is -2.27. The van der Waals surface area contributed by atoms with Crippen molar-refractivity contribution in [3.8, 4) is 17.6 Å². The summed E-state index contributed by atoms with van der Waals surface area (Å²) in [4.78, 5) is 11.0. The third-order valence-corrected chi connectivity index (χ3v) is 4.52. The Morgan fingerprint density at radius 2 is 2.00 bits per heavy atom. The standard InChI is InChI=1S/C13H15NO6S/c1-19-11-8-9(21(17,18)6-4-3-5-14)7-10(13(15)16)12(11)20-2/h7-8H,3-4,6H2,1-2H3,(H,15,16). The number of carboxylic acid groups (broad SMARTS) is 1. The molecule has 7 nitrogen and oxygen atoms in total. The Morgan fingerprint density at radius 3 is 2.48 bits per heavy atom. The number of carbonyl (C=O) groups is 1. The Morgan fingerprint density at radius 1 is 1.33 bits per heavy atom. The second kappa shape index (κ2) is 6.95. The van der Waals surface area contributed by atoms with Gasteiger partial charge in [0.2, 0.25) is 0 Å². The summed E-state index contributed by atoms with van der Waals surface area (Å²) in [6.45, 7) is 0. The van der Waals surface area contributed by atoms with Gasteiger partial charge in [0.1, 0.15) is 5.56 Å². The number of unbranched alkanes of at least 4 members (excludes halogenated alkanes) is 1. The van der Waals surface area contributed by atoms with Crippen LogP contribution in [0.4, 0.5) is 0 Å². The maximum absolute atomic E-state index is 12.2. The average molecular weight is 313 g/mol. The number of hydrogen-bond acceptors (Lipinski definition) is 6. The Bertz CT molecular complexity index is 675. The van der Waals surface area contributed by atoms with Gasteiger partial charge in [0.25, 0.3) is 0 Å². The van der Waals surface area contributed by atoms with Crippen LogP contribution in [0, 0.1) is 11.3 Å². The zero-order chi connectivity index (χ0) is 16.0. The van der Waals surface area contributed by atoms with Gasteiger partial charge < -0.3 is 14.6 Å². The minimum atomic E-state index is -3.70. The summed E-state index contributed by atoms with van der Waals surface area (Å²) in [5.74, 6) is -1.58. The fourth-order valence-electron chi connectivity index (χ4n) is 1.74. The molecule has 0 aliphatic rings. The van der Waals surface area contributed by atoms with Gasteiger partial charge >= 0.3 is 5.97 Å². The molecule has 114 valence electrons. The van der Waals surface area contributed by atoms with Crippen LogP contribution in [0.25, 0.3) is 0 Å². The molecule has 1 aromatic rings. The molecule has 0 amide bonds. The van der Waals surface area contributed by atoms with Crippen LogP contribution >= 0.6 is 0 Å². The quantitative estimate of drug-likeness (QED) is 0.758. The third kappa shape index (κ3) is 3.86. The predicted octanol–water partition coefficient (Wildman–Crippen LogP) is 1.48. The summed E-state index contributed by atoms with van der Waals surface area (Å²) in [6.07, 6.45) is 0.286. The van der Waals surface area contributed by atoms with E-state index in [-0.39, 0.29) is 40.6 Å². The number of ether oxygens (including phenoxy) is 2. The highest BCUT2D eigenvalue weighted by atomic mass is 32.2. The smallest absolute Gasteiger partial charge is 0.339 e. The van der Waals surface area contributed by atoms with Crippen molar-refractivity contribution in [3.05, 3.63) is 17.7 Å². The lowest BCUT2D eigenvalue weighted by Gasteiger charge is -2.13. The molecule has 21 heavy (non-hydrogen) atoms. The molecular weight excluding hydrogens is 298 g/mol. The summed E-state index contributed by atoms with van der Waals surface area (Å²) in [5, 5.41) is 17.6. The van der Waals surface area contributed by atoms with Crippen LogP contribution in [0.1, 0.15) is 23.2 Å².